The Hall–Kier alpha value is -0.120. The van der Waals surface area contributed by atoms with Crippen LogP contribution in [0.15, 0.2) is 0 Å². The third-order valence-corrected chi connectivity index (χ3v) is 5.28. The van der Waals surface area contributed by atoms with Crippen molar-refractivity contribution in [1.82, 2.24) is 10.2 Å². The van der Waals surface area contributed by atoms with E-state index in [1.807, 2.05) is 0 Å². The fraction of sp³-hybridized carbons (Fsp3) is 1.00. The molecule has 0 aromatic carbocycles. The smallest absolute Gasteiger partial charge is 0.0613 e. The van der Waals surface area contributed by atoms with Crippen LogP contribution in [0.4, 0.5) is 0 Å². The van der Waals surface area contributed by atoms with Gasteiger partial charge in [-0.2, -0.15) is 0 Å². The summed E-state index contributed by atoms with van der Waals surface area (Å²) in [4.78, 5) is 2.76. The second kappa shape index (κ2) is 7.24. The van der Waals surface area contributed by atoms with Crippen LogP contribution in [0.3, 0.4) is 0 Å². The fourth-order valence-electron chi connectivity index (χ4n) is 3.82. The van der Waals surface area contributed by atoms with E-state index in [9.17, 15) is 0 Å². The molecule has 2 rings (SSSR count). The average molecular weight is 282 g/mol. The molecule has 2 aliphatic rings. The van der Waals surface area contributed by atoms with Gasteiger partial charge in [0.05, 0.1) is 6.10 Å². The Morgan fingerprint density at radius 3 is 2.55 bits per heavy atom. The number of nitrogens with one attached hydrogen (secondary N) is 1. The van der Waals surface area contributed by atoms with Gasteiger partial charge in [-0.1, -0.05) is 34.6 Å². The number of ether oxygens (including phenoxy) is 1. The monoisotopic (exact) mass is 282 g/mol. The number of rotatable bonds is 5. The highest BCUT2D eigenvalue weighted by atomic mass is 16.5. The third-order valence-electron chi connectivity index (χ3n) is 5.28. The predicted octanol–water partition coefficient (Wildman–Crippen LogP) is 2.76. The van der Waals surface area contributed by atoms with Crippen molar-refractivity contribution >= 4 is 0 Å². The van der Waals surface area contributed by atoms with Crippen molar-refractivity contribution in [1.29, 1.82) is 0 Å². The third kappa shape index (κ3) is 3.75. The molecule has 3 nitrogen and oxygen atoms in total. The topological polar surface area (TPSA) is 24.5 Å². The van der Waals surface area contributed by atoms with Gasteiger partial charge in [0.25, 0.3) is 0 Å². The lowest BCUT2D eigenvalue weighted by molar-refractivity contribution is 0.0395. The van der Waals surface area contributed by atoms with Gasteiger partial charge in [-0.25, -0.2) is 0 Å². The summed E-state index contributed by atoms with van der Waals surface area (Å²) in [5.74, 6) is 2.18. The van der Waals surface area contributed by atoms with Crippen LogP contribution in [0.2, 0.25) is 0 Å². The minimum absolute atomic E-state index is 0.496. The lowest BCUT2D eigenvalue weighted by Crippen LogP contribution is -2.60. The highest BCUT2D eigenvalue weighted by Gasteiger charge is 2.35. The van der Waals surface area contributed by atoms with Crippen molar-refractivity contribution in [3.63, 3.8) is 0 Å². The molecule has 4 atom stereocenters. The van der Waals surface area contributed by atoms with Crippen molar-refractivity contribution in [2.45, 2.75) is 65.6 Å². The second-order valence-electron chi connectivity index (χ2n) is 7.39. The summed E-state index contributed by atoms with van der Waals surface area (Å²) < 4.78 is 5.88. The van der Waals surface area contributed by atoms with E-state index in [4.69, 9.17) is 4.74 Å². The first-order valence-electron chi connectivity index (χ1n) is 8.62. The van der Waals surface area contributed by atoms with E-state index in [1.54, 1.807) is 0 Å². The average Bonchev–Trinajstić information content (AvgIpc) is 2.85. The van der Waals surface area contributed by atoms with Gasteiger partial charge in [0.1, 0.15) is 0 Å². The Morgan fingerprint density at radius 1 is 1.20 bits per heavy atom. The van der Waals surface area contributed by atoms with Crippen LogP contribution < -0.4 is 5.32 Å². The van der Waals surface area contributed by atoms with Gasteiger partial charge in [0.2, 0.25) is 0 Å². The first-order valence-corrected chi connectivity index (χ1v) is 8.62. The van der Waals surface area contributed by atoms with E-state index in [-0.39, 0.29) is 0 Å². The predicted molar refractivity (Wildman–Crippen MR) is 85.0 cm³/mol. The van der Waals surface area contributed by atoms with E-state index in [2.05, 4.69) is 44.8 Å². The Bertz CT molecular complexity index is 293. The number of nitrogens with zero attached hydrogens (tertiary/aromatic N) is 1. The van der Waals surface area contributed by atoms with Crippen LogP contribution in [0.1, 0.15) is 47.5 Å². The fourth-order valence-corrected chi connectivity index (χ4v) is 3.82. The van der Waals surface area contributed by atoms with Crippen LogP contribution in [0.25, 0.3) is 0 Å². The quantitative estimate of drug-likeness (QED) is 0.839. The highest BCUT2D eigenvalue weighted by molar-refractivity contribution is 4.91. The lowest BCUT2D eigenvalue weighted by atomic mass is 9.91. The van der Waals surface area contributed by atoms with Crippen molar-refractivity contribution in [3.05, 3.63) is 0 Å². The van der Waals surface area contributed by atoms with Crippen LogP contribution in [0.5, 0.6) is 0 Å². The molecule has 0 saturated carbocycles. The zero-order valence-electron chi connectivity index (χ0n) is 14.1. The van der Waals surface area contributed by atoms with Gasteiger partial charge in [-0.3, -0.25) is 4.90 Å². The van der Waals surface area contributed by atoms with Gasteiger partial charge in [-0.05, 0) is 30.6 Å². The molecule has 1 N–H and O–H groups in total. The summed E-state index contributed by atoms with van der Waals surface area (Å²) in [5.41, 5.74) is 0. The maximum Gasteiger partial charge on any atom is 0.0613 e. The lowest BCUT2D eigenvalue weighted by Gasteiger charge is -2.45. The van der Waals surface area contributed by atoms with Crippen molar-refractivity contribution in [3.8, 4) is 0 Å². The molecule has 4 unspecified atom stereocenters. The summed E-state index contributed by atoms with van der Waals surface area (Å²) in [7, 11) is 0. The van der Waals surface area contributed by atoms with Crippen LogP contribution in [-0.2, 0) is 4.74 Å². The molecule has 2 fully saturated rings. The molecule has 118 valence electrons. The van der Waals surface area contributed by atoms with Crippen molar-refractivity contribution in [2.75, 3.05) is 26.2 Å². The maximum atomic E-state index is 5.88. The molecule has 2 saturated heterocycles. The van der Waals surface area contributed by atoms with Crippen LogP contribution in [-0.4, -0.2) is 49.3 Å². The van der Waals surface area contributed by atoms with Crippen LogP contribution in [0, 0.1) is 17.8 Å². The molecule has 2 heterocycles. The molecule has 0 bridgehead atoms. The van der Waals surface area contributed by atoms with E-state index in [0.29, 0.717) is 24.1 Å². The minimum Gasteiger partial charge on any atom is -0.378 e. The van der Waals surface area contributed by atoms with Crippen molar-refractivity contribution in [2.24, 2.45) is 17.8 Å². The Labute approximate surface area is 125 Å². The standard InChI is InChI=1S/C17H34N2O/c1-6-17-14(7-8-20-17)10-19-11-15(12(2)3)18-9-16(19)13(4)5/h12-18H,6-11H2,1-5H3. The Morgan fingerprint density at radius 2 is 1.95 bits per heavy atom. The van der Waals surface area contributed by atoms with Gasteiger partial charge >= 0.3 is 0 Å². The van der Waals surface area contributed by atoms with Gasteiger partial charge in [0, 0.05) is 38.3 Å². The summed E-state index contributed by atoms with van der Waals surface area (Å²) in [6.45, 7) is 16.2. The van der Waals surface area contributed by atoms with E-state index >= 15 is 0 Å². The molecule has 0 spiro atoms. The van der Waals surface area contributed by atoms with Crippen molar-refractivity contribution < 1.29 is 4.74 Å². The molecular weight excluding hydrogens is 248 g/mol. The summed E-state index contributed by atoms with van der Waals surface area (Å²) in [5, 5.41) is 3.76. The van der Waals surface area contributed by atoms with E-state index in [1.165, 1.54) is 19.5 Å². The zero-order chi connectivity index (χ0) is 14.7. The van der Waals surface area contributed by atoms with Gasteiger partial charge in [0.15, 0.2) is 0 Å². The summed E-state index contributed by atoms with van der Waals surface area (Å²) >= 11 is 0. The normalized spacial score (nSPS) is 36.1. The van der Waals surface area contributed by atoms with Gasteiger partial charge in [-0.15, -0.1) is 0 Å². The number of hydrogen-bond donors (Lipinski definition) is 1. The largest absolute Gasteiger partial charge is 0.378 e. The highest BCUT2D eigenvalue weighted by Crippen LogP contribution is 2.27. The summed E-state index contributed by atoms with van der Waals surface area (Å²) in [6.07, 6.45) is 2.91. The first-order chi connectivity index (χ1) is 9.52. The molecule has 3 heteroatoms. The van der Waals surface area contributed by atoms with E-state index in [0.717, 1.165) is 31.4 Å². The molecule has 0 aromatic rings. The van der Waals surface area contributed by atoms with E-state index < -0.39 is 0 Å². The molecule has 0 radical (unpaired) electrons. The molecule has 0 amide bonds. The maximum absolute atomic E-state index is 5.88. The Balaban J connectivity index is 1.99. The molecule has 2 aliphatic heterocycles. The molecule has 20 heavy (non-hydrogen) atoms. The zero-order valence-corrected chi connectivity index (χ0v) is 14.1. The number of piperazine rings is 1. The molecule has 0 aromatic heterocycles. The summed E-state index contributed by atoms with van der Waals surface area (Å²) in [6, 6.07) is 1.33. The number of hydrogen-bond acceptors (Lipinski definition) is 3. The first kappa shape index (κ1) is 16.3. The van der Waals surface area contributed by atoms with Crippen LogP contribution >= 0.6 is 0 Å². The molecular formula is C17H34N2O. The minimum atomic E-state index is 0.496. The van der Waals surface area contributed by atoms with Gasteiger partial charge < -0.3 is 10.1 Å². The second-order valence-corrected chi connectivity index (χ2v) is 7.39. The Kier molecular flexibility index (Phi) is 5.88. The SMILES string of the molecule is CCC1OCCC1CN1CC(C(C)C)NCC1C(C)C. The molecule has 0 aliphatic carbocycles.